The summed E-state index contributed by atoms with van der Waals surface area (Å²) in [5.41, 5.74) is 3.43. The summed E-state index contributed by atoms with van der Waals surface area (Å²) in [5.74, 6) is 0.989. The van der Waals surface area contributed by atoms with E-state index in [9.17, 15) is 4.79 Å². The van der Waals surface area contributed by atoms with Crippen molar-refractivity contribution in [3.8, 4) is 0 Å². The molecule has 3 nitrogen and oxygen atoms in total. The summed E-state index contributed by atoms with van der Waals surface area (Å²) in [5, 5.41) is 3.16. The van der Waals surface area contributed by atoms with E-state index in [1.807, 2.05) is 6.07 Å². The molecule has 1 saturated heterocycles. The molecule has 1 aliphatic heterocycles. The summed E-state index contributed by atoms with van der Waals surface area (Å²) in [4.78, 5) is 14.7. The average molecular weight is 288 g/mol. The van der Waals surface area contributed by atoms with Gasteiger partial charge in [-0.1, -0.05) is 33.8 Å². The minimum absolute atomic E-state index is 0.0625. The van der Waals surface area contributed by atoms with Crippen LogP contribution in [0.15, 0.2) is 18.2 Å². The summed E-state index contributed by atoms with van der Waals surface area (Å²) >= 11 is 0. The number of likely N-dealkylation sites (N-methyl/N-ethyl adjacent to an activating group) is 1. The van der Waals surface area contributed by atoms with Crippen LogP contribution in [0, 0.1) is 0 Å². The van der Waals surface area contributed by atoms with Crippen molar-refractivity contribution < 1.29 is 4.79 Å². The number of nitrogens with zero attached hydrogens (tertiary/aromatic N) is 1. The van der Waals surface area contributed by atoms with Gasteiger partial charge in [-0.2, -0.15) is 0 Å². The van der Waals surface area contributed by atoms with Gasteiger partial charge in [-0.15, -0.1) is 0 Å². The Morgan fingerprint density at radius 3 is 2.38 bits per heavy atom. The summed E-state index contributed by atoms with van der Waals surface area (Å²) in [6, 6.07) is 6.45. The van der Waals surface area contributed by atoms with E-state index in [-0.39, 0.29) is 11.9 Å². The number of rotatable bonds is 4. The monoisotopic (exact) mass is 288 g/mol. The number of carbonyl (C=O) groups is 1. The number of hydrogen-bond donors (Lipinski definition) is 1. The minimum atomic E-state index is 0.0625. The second-order valence-corrected chi connectivity index (χ2v) is 6.87. The van der Waals surface area contributed by atoms with E-state index < -0.39 is 0 Å². The molecule has 1 amide bonds. The molecule has 21 heavy (non-hydrogen) atoms. The predicted molar refractivity (Wildman–Crippen MR) is 88.0 cm³/mol. The molecule has 0 unspecified atom stereocenters. The third kappa shape index (κ3) is 3.85. The fraction of sp³-hybridized carbons (Fsp3) is 0.611. The molecule has 1 atom stereocenters. The van der Waals surface area contributed by atoms with Crippen molar-refractivity contribution in [3.05, 3.63) is 34.9 Å². The van der Waals surface area contributed by atoms with Crippen LogP contribution in [-0.4, -0.2) is 37.0 Å². The summed E-state index contributed by atoms with van der Waals surface area (Å²) in [6.45, 7) is 10.8. The van der Waals surface area contributed by atoms with E-state index in [0.29, 0.717) is 11.8 Å². The zero-order chi connectivity index (χ0) is 15.6. The molecule has 1 aromatic rings. The molecule has 0 saturated carbocycles. The van der Waals surface area contributed by atoms with Crippen LogP contribution in [0.1, 0.15) is 67.4 Å². The summed E-state index contributed by atoms with van der Waals surface area (Å²) < 4.78 is 0. The maximum absolute atomic E-state index is 12.4. The van der Waals surface area contributed by atoms with E-state index in [2.05, 4.69) is 57.1 Å². The lowest BCUT2D eigenvalue weighted by molar-refractivity contribution is 0.0938. The van der Waals surface area contributed by atoms with Crippen molar-refractivity contribution in [2.75, 3.05) is 20.1 Å². The molecule has 3 heteroatoms. The number of carbonyl (C=O) groups excluding carboxylic acids is 1. The normalized spacial score (nSPS) is 19.5. The quantitative estimate of drug-likeness (QED) is 0.921. The van der Waals surface area contributed by atoms with Crippen LogP contribution < -0.4 is 5.32 Å². The minimum Gasteiger partial charge on any atom is -0.348 e. The maximum atomic E-state index is 12.4. The van der Waals surface area contributed by atoms with E-state index in [1.165, 1.54) is 11.1 Å². The third-order valence-electron chi connectivity index (χ3n) is 4.32. The first-order valence-electron chi connectivity index (χ1n) is 8.01. The van der Waals surface area contributed by atoms with Gasteiger partial charge in [-0.3, -0.25) is 4.79 Å². The van der Waals surface area contributed by atoms with E-state index >= 15 is 0 Å². The van der Waals surface area contributed by atoms with E-state index in [1.54, 1.807) is 0 Å². The fourth-order valence-corrected chi connectivity index (χ4v) is 3.06. The van der Waals surface area contributed by atoms with Crippen LogP contribution in [0.3, 0.4) is 0 Å². The molecule has 2 rings (SSSR count). The van der Waals surface area contributed by atoms with Crippen molar-refractivity contribution >= 4 is 5.91 Å². The smallest absolute Gasteiger partial charge is 0.251 e. The van der Waals surface area contributed by atoms with Crippen LogP contribution >= 0.6 is 0 Å². The summed E-state index contributed by atoms with van der Waals surface area (Å²) in [6.07, 6.45) is 1.04. The second-order valence-electron chi connectivity index (χ2n) is 6.87. The highest BCUT2D eigenvalue weighted by Gasteiger charge is 2.22. The highest BCUT2D eigenvalue weighted by Crippen LogP contribution is 2.27. The third-order valence-corrected chi connectivity index (χ3v) is 4.32. The summed E-state index contributed by atoms with van der Waals surface area (Å²) in [7, 11) is 2.10. The van der Waals surface area contributed by atoms with Gasteiger partial charge in [0.05, 0.1) is 0 Å². The average Bonchev–Trinajstić information content (AvgIpc) is 2.83. The lowest BCUT2D eigenvalue weighted by Gasteiger charge is -2.18. The molecule has 0 radical (unpaired) electrons. The second kappa shape index (κ2) is 6.61. The topological polar surface area (TPSA) is 32.3 Å². The van der Waals surface area contributed by atoms with Gasteiger partial charge in [0.25, 0.3) is 5.91 Å². The molecule has 0 bridgehead atoms. The first kappa shape index (κ1) is 16.0. The first-order valence-corrected chi connectivity index (χ1v) is 8.01. The largest absolute Gasteiger partial charge is 0.348 e. The molecule has 1 heterocycles. The number of benzene rings is 1. The van der Waals surface area contributed by atoms with Gasteiger partial charge in [0.15, 0.2) is 0 Å². The highest BCUT2D eigenvalue weighted by molar-refractivity contribution is 5.94. The Balaban J connectivity index is 2.16. The van der Waals surface area contributed by atoms with Gasteiger partial charge in [-0.25, -0.2) is 0 Å². The Bertz CT molecular complexity index is 508. The van der Waals surface area contributed by atoms with Gasteiger partial charge in [-0.05, 0) is 55.1 Å². The molecule has 0 aliphatic carbocycles. The first-order chi connectivity index (χ1) is 9.88. The number of amides is 1. The standard InChI is InChI=1S/C18H28N2O/c1-12(2)16-7-6-14(10-17(16)13(3)4)18(21)19-15-8-9-20(5)11-15/h6-7,10,12-13,15H,8-9,11H2,1-5H3,(H,19,21)/t15-/m0/s1. The molecule has 1 aliphatic rings. The number of likely N-dealkylation sites (tertiary alicyclic amines) is 1. The predicted octanol–water partition coefficient (Wildman–Crippen LogP) is 3.37. The van der Waals surface area contributed by atoms with E-state index in [0.717, 1.165) is 25.1 Å². The van der Waals surface area contributed by atoms with E-state index in [4.69, 9.17) is 0 Å². The van der Waals surface area contributed by atoms with Gasteiger partial charge in [0.1, 0.15) is 0 Å². The van der Waals surface area contributed by atoms with Crippen LogP contribution in [0.4, 0.5) is 0 Å². The zero-order valence-electron chi connectivity index (χ0n) is 13.9. The van der Waals surface area contributed by atoms with Gasteiger partial charge in [0.2, 0.25) is 0 Å². The van der Waals surface area contributed by atoms with Crippen molar-refractivity contribution in [2.24, 2.45) is 0 Å². The molecule has 116 valence electrons. The van der Waals surface area contributed by atoms with Gasteiger partial charge in [0, 0.05) is 18.2 Å². The molecule has 1 aromatic carbocycles. The molecular weight excluding hydrogens is 260 g/mol. The Kier molecular flexibility index (Phi) is 5.04. The zero-order valence-corrected chi connectivity index (χ0v) is 13.9. The number of hydrogen-bond acceptors (Lipinski definition) is 2. The number of nitrogens with one attached hydrogen (secondary N) is 1. The Morgan fingerprint density at radius 1 is 1.19 bits per heavy atom. The molecule has 0 spiro atoms. The van der Waals surface area contributed by atoms with Crippen molar-refractivity contribution in [2.45, 2.75) is 52.0 Å². The maximum Gasteiger partial charge on any atom is 0.251 e. The van der Waals surface area contributed by atoms with Crippen molar-refractivity contribution in [1.29, 1.82) is 0 Å². The van der Waals surface area contributed by atoms with Crippen LogP contribution in [-0.2, 0) is 0 Å². The molecule has 1 N–H and O–H groups in total. The molecule has 0 aromatic heterocycles. The van der Waals surface area contributed by atoms with Crippen molar-refractivity contribution in [3.63, 3.8) is 0 Å². The Morgan fingerprint density at radius 2 is 1.86 bits per heavy atom. The highest BCUT2D eigenvalue weighted by atomic mass is 16.1. The SMILES string of the molecule is CC(C)c1ccc(C(=O)N[C@H]2CCN(C)C2)cc1C(C)C. The lowest BCUT2D eigenvalue weighted by Crippen LogP contribution is -2.36. The van der Waals surface area contributed by atoms with Crippen molar-refractivity contribution in [1.82, 2.24) is 10.2 Å². The van der Waals surface area contributed by atoms with Crippen LogP contribution in [0.2, 0.25) is 0 Å². The lowest BCUT2D eigenvalue weighted by atomic mass is 9.89. The Labute approximate surface area is 128 Å². The Hall–Kier alpha value is -1.35. The van der Waals surface area contributed by atoms with Crippen LogP contribution in [0.25, 0.3) is 0 Å². The van der Waals surface area contributed by atoms with Gasteiger partial charge >= 0.3 is 0 Å². The van der Waals surface area contributed by atoms with Gasteiger partial charge < -0.3 is 10.2 Å². The fourth-order valence-electron chi connectivity index (χ4n) is 3.06. The molecular formula is C18H28N2O. The molecule has 1 fully saturated rings. The van der Waals surface area contributed by atoms with Crippen LogP contribution in [0.5, 0.6) is 0 Å².